The van der Waals surface area contributed by atoms with Gasteiger partial charge in [0, 0.05) is 41.6 Å². The highest BCUT2D eigenvalue weighted by Gasteiger charge is 2.37. The fourth-order valence-corrected chi connectivity index (χ4v) is 3.37. The molecule has 144 valence electrons. The van der Waals surface area contributed by atoms with E-state index in [0.717, 1.165) is 22.9 Å². The summed E-state index contributed by atoms with van der Waals surface area (Å²) in [6, 6.07) is 4.53. The van der Waals surface area contributed by atoms with Crippen molar-refractivity contribution >= 4 is 40.3 Å². The normalized spacial score (nSPS) is 16.8. The molecule has 3 N–H and O–H groups in total. The van der Waals surface area contributed by atoms with Gasteiger partial charge in [0.25, 0.3) is 5.91 Å². The number of nitrogens with one attached hydrogen (secondary N) is 3. The van der Waals surface area contributed by atoms with Crippen LogP contribution in [0.5, 0.6) is 0 Å². The van der Waals surface area contributed by atoms with Crippen LogP contribution in [0.2, 0.25) is 5.02 Å². The van der Waals surface area contributed by atoms with Crippen molar-refractivity contribution in [2.45, 2.75) is 38.6 Å². The highest BCUT2D eigenvalue weighted by molar-refractivity contribution is 6.31. The summed E-state index contributed by atoms with van der Waals surface area (Å²) in [6.07, 6.45) is 3.78. The number of benzene rings is 1. The Hall–Kier alpha value is -2.54. The molecule has 0 radical (unpaired) electrons. The number of carbonyl (C=O) groups excluding carboxylic acids is 3. The summed E-state index contributed by atoms with van der Waals surface area (Å²) in [5.41, 5.74) is 1.96. The van der Waals surface area contributed by atoms with Crippen LogP contribution in [0, 0.1) is 0 Å². The summed E-state index contributed by atoms with van der Waals surface area (Å²) in [5, 5.41) is 7.06. The van der Waals surface area contributed by atoms with Gasteiger partial charge in [0.1, 0.15) is 6.04 Å². The minimum atomic E-state index is -0.637. The van der Waals surface area contributed by atoms with Crippen LogP contribution < -0.4 is 10.6 Å². The predicted molar refractivity (Wildman–Crippen MR) is 104 cm³/mol. The SMILES string of the molecule is CCCNC(=O)CCC1NC(=O)N(CCc2c[nH]c3ccc(Cl)cc23)C1=O. The van der Waals surface area contributed by atoms with Crippen molar-refractivity contribution in [3.8, 4) is 0 Å². The van der Waals surface area contributed by atoms with Crippen molar-refractivity contribution in [1.29, 1.82) is 0 Å². The molecular weight excluding hydrogens is 368 g/mol. The minimum absolute atomic E-state index is 0.104. The number of carbonyl (C=O) groups is 3. The smallest absolute Gasteiger partial charge is 0.324 e. The van der Waals surface area contributed by atoms with E-state index in [4.69, 9.17) is 11.6 Å². The van der Waals surface area contributed by atoms with Gasteiger partial charge in [0.15, 0.2) is 0 Å². The van der Waals surface area contributed by atoms with E-state index in [-0.39, 0.29) is 24.8 Å². The van der Waals surface area contributed by atoms with Crippen molar-refractivity contribution in [3.05, 3.63) is 35.0 Å². The van der Waals surface area contributed by atoms with Gasteiger partial charge < -0.3 is 15.6 Å². The van der Waals surface area contributed by atoms with Gasteiger partial charge in [-0.1, -0.05) is 18.5 Å². The molecule has 1 aliphatic rings. The van der Waals surface area contributed by atoms with Crippen LogP contribution in [-0.4, -0.2) is 46.9 Å². The number of rotatable bonds is 8. The summed E-state index contributed by atoms with van der Waals surface area (Å²) in [7, 11) is 0. The topological polar surface area (TPSA) is 94.3 Å². The second-order valence-electron chi connectivity index (χ2n) is 6.63. The fraction of sp³-hybridized carbons (Fsp3) is 0.421. The lowest BCUT2D eigenvalue weighted by atomic mass is 10.1. The number of imide groups is 1. The molecule has 1 aromatic carbocycles. The maximum Gasteiger partial charge on any atom is 0.324 e. The molecule has 0 aliphatic carbocycles. The molecule has 7 nitrogen and oxygen atoms in total. The van der Waals surface area contributed by atoms with Crippen LogP contribution in [0.1, 0.15) is 31.7 Å². The number of H-pyrrole nitrogens is 1. The number of aromatic amines is 1. The Morgan fingerprint density at radius 1 is 1.33 bits per heavy atom. The maximum absolute atomic E-state index is 12.5. The number of amides is 4. The van der Waals surface area contributed by atoms with E-state index in [1.807, 2.05) is 31.3 Å². The number of halogens is 1. The second-order valence-corrected chi connectivity index (χ2v) is 7.07. The second kappa shape index (κ2) is 8.43. The number of nitrogens with zero attached hydrogens (tertiary/aromatic N) is 1. The predicted octanol–water partition coefficient (Wildman–Crippen LogP) is 2.59. The molecule has 4 amide bonds. The van der Waals surface area contributed by atoms with E-state index >= 15 is 0 Å². The fourth-order valence-electron chi connectivity index (χ4n) is 3.20. The first-order valence-corrected chi connectivity index (χ1v) is 9.51. The number of urea groups is 1. The third-order valence-corrected chi connectivity index (χ3v) is 4.91. The standard InChI is InChI=1S/C19H23ClN4O3/c1-2-8-21-17(25)6-5-16-18(26)24(19(27)23-16)9-7-12-11-22-15-4-3-13(20)10-14(12)15/h3-4,10-11,16,22H,2,5-9H2,1H3,(H,21,25)(H,23,27). The van der Waals surface area contributed by atoms with Gasteiger partial charge >= 0.3 is 6.03 Å². The van der Waals surface area contributed by atoms with Gasteiger partial charge in [-0.25, -0.2) is 4.79 Å². The van der Waals surface area contributed by atoms with Crippen molar-refractivity contribution in [2.24, 2.45) is 0 Å². The Morgan fingerprint density at radius 3 is 2.93 bits per heavy atom. The summed E-state index contributed by atoms with van der Waals surface area (Å²) >= 11 is 6.06. The highest BCUT2D eigenvalue weighted by Crippen LogP contribution is 2.23. The lowest BCUT2D eigenvalue weighted by Gasteiger charge is -2.12. The molecule has 0 saturated carbocycles. The monoisotopic (exact) mass is 390 g/mol. The van der Waals surface area contributed by atoms with E-state index in [1.165, 1.54) is 4.90 Å². The van der Waals surface area contributed by atoms with Gasteiger partial charge in [0.2, 0.25) is 5.91 Å². The van der Waals surface area contributed by atoms with Gasteiger partial charge in [-0.05, 0) is 43.0 Å². The molecule has 3 rings (SSSR count). The Bertz CT molecular complexity index is 864. The van der Waals surface area contributed by atoms with Crippen molar-refractivity contribution in [2.75, 3.05) is 13.1 Å². The third kappa shape index (κ3) is 4.42. The van der Waals surface area contributed by atoms with Gasteiger partial charge in [-0.2, -0.15) is 0 Å². The molecule has 1 saturated heterocycles. The molecule has 0 spiro atoms. The molecule has 1 atom stereocenters. The molecule has 2 heterocycles. The Labute approximate surface area is 162 Å². The van der Waals surface area contributed by atoms with Crippen molar-refractivity contribution < 1.29 is 14.4 Å². The molecule has 1 aromatic heterocycles. The zero-order chi connectivity index (χ0) is 19.4. The molecule has 2 aromatic rings. The van der Waals surface area contributed by atoms with Crippen LogP contribution >= 0.6 is 11.6 Å². The lowest BCUT2D eigenvalue weighted by Crippen LogP contribution is -2.34. The largest absolute Gasteiger partial charge is 0.361 e. The van der Waals surface area contributed by atoms with Crippen molar-refractivity contribution in [3.63, 3.8) is 0 Å². The first-order chi connectivity index (χ1) is 13.0. The Morgan fingerprint density at radius 2 is 2.15 bits per heavy atom. The Balaban J connectivity index is 1.57. The van der Waals surface area contributed by atoms with E-state index in [1.54, 1.807) is 0 Å². The summed E-state index contributed by atoms with van der Waals surface area (Å²) in [4.78, 5) is 40.7. The van der Waals surface area contributed by atoms with E-state index in [0.29, 0.717) is 24.4 Å². The van der Waals surface area contributed by atoms with Crippen LogP contribution in [0.15, 0.2) is 24.4 Å². The number of aromatic nitrogens is 1. The minimum Gasteiger partial charge on any atom is -0.361 e. The van der Waals surface area contributed by atoms with Crippen LogP contribution in [0.25, 0.3) is 10.9 Å². The summed E-state index contributed by atoms with van der Waals surface area (Å²) in [6.45, 7) is 2.87. The van der Waals surface area contributed by atoms with Crippen molar-refractivity contribution in [1.82, 2.24) is 20.5 Å². The van der Waals surface area contributed by atoms with Crippen LogP contribution in [0.3, 0.4) is 0 Å². The van der Waals surface area contributed by atoms with Gasteiger partial charge in [0.05, 0.1) is 0 Å². The zero-order valence-electron chi connectivity index (χ0n) is 15.2. The molecule has 0 bridgehead atoms. The maximum atomic E-state index is 12.5. The number of hydrogen-bond acceptors (Lipinski definition) is 3. The van der Waals surface area contributed by atoms with Crippen LogP contribution in [0.4, 0.5) is 4.79 Å². The number of hydrogen-bond donors (Lipinski definition) is 3. The molecule has 27 heavy (non-hydrogen) atoms. The summed E-state index contributed by atoms with van der Waals surface area (Å²) < 4.78 is 0. The van der Waals surface area contributed by atoms with E-state index in [9.17, 15) is 14.4 Å². The average molecular weight is 391 g/mol. The average Bonchev–Trinajstić information content (AvgIpc) is 3.16. The molecule has 1 unspecified atom stereocenters. The van der Waals surface area contributed by atoms with E-state index < -0.39 is 12.1 Å². The van der Waals surface area contributed by atoms with Crippen LogP contribution in [-0.2, 0) is 16.0 Å². The summed E-state index contributed by atoms with van der Waals surface area (Å²) in [5.74, 6) is -0.380. The molecule has 1 fully saturated rings. The Kier molecular flexibility index (Phi) is 6.01. The molecule has 1 aliphatic heterocycles. The first kappa shape index (κ1) is 19.2. The van der Waals surface area contributed by atoms with Gasteiger partial charge in [-0.3, -0.25) is 14.5 Å². The molecular formula is C19H23ClN4O3. The highest BCUT2D eigenvalue weighted by atomic mass is 35.5. The number of fused-ring (bicyclic) bond motifs is 1. The zero-order valence-corrected chi connectivity index (χ0v) is 15.9. The molecule has 8 heteroatoms. The quantitative estimate of drug-likeness (QED) is 0.604. The lowest BCUT2D eigenvalue weighted by molar-refractivity contribution is -0.127. The first-order valence-electron chi connectivity index (χ1n) is 9.13. The van der Waals surface area contributed by atoms with E-state index in [2.05, 4.69) is 15.6 Å². The van der Waals surface area contributed by atoms with Gasteiger partial charge in [-0.15, -0.1) is 0 Å². The third-order valence-electron chi connectivity index (χ3n) is 4.67.